The van der Waals surface area contributed by atoms with Crippen LogP contribution < -0.4 is 0 Å². The summed E-state index contributed by atoms with van der Waals surface area (Å²) in [7, 11) is 0. The van der Waals surface area contributed by atoms with Crippen molar-refractivity contribution in [2.24, 2.45) is 0 Å². The number of carboxylic acid groups (broad SMARTS) is 1. The summed E-state index contributed by atoms with van der Waals surface area (Å²) in [4.78, 5) is 23.1. The summed E-state index contributed by atoms with van der Waals surface area (Å²) in [5.74, 6) is -0.564. The van der Waals surface area contributed by atoms with Crippen LogP contribution >= 0.6 is 0 Å². The number of cyclic esters (lactones) is 1. The molecule has 1 aromatic rings. The van der Waals surface area contributed by atoms with Gasteiger partial charge in [0.2, 0.25) is 0 Å². The fraction of sp³-hybridized carbons (Fsp3) is 0.333. The van der Waals surface area contributed by atoms with Crippen LogP contribution in [-0.2, 0) is 20.9 Å². The van der Waals surface area contributed by atoms with Gasteiger partial charge in [-0.05, 0) is 5.56 Å². The number of nitrogens with zero attached hydrogens (tertiary/aromatic N) is 1. The van der Waals surface area contributed by atoms with Gasteiger partial charge in [0.15, 0.2) is 12.8 Å². The minimum Gasteiger partial charge on any atom is -0.465 e. The fourth-order valence-electron chi connectivity index (χ4n) is 1.66. The topological polar surface area (TPSA) is 76.1 Å². The predicted octanol–water partition coefficient (Wildman–Crippen LogP) is 1.07. The number of ether oxygens (including phenoxy) is 2. The first kappa shape index (κ1) is 12.4. The molecular formula is C12H13NO5. The Kier molecular flexibility index (Phi) is 3.78. The van der Waals surface area contributed by atoms with Crippen LogP contribution in [0.15, 0.2) is 30.3 Å². The van der Waals surface area contributed by atoms with Gasteiger partial charge in [0.1, 0.15) is 0 Å². The summed E-state index contributed by atoms with van der Waals surface area (Å²) in [5.41, 5.74) is 0.964. The third-order valence-electron chi connectivity index (χ3n) is 2.63. The van der Waals surface area contributed by atoms with Gasteiger partial charge in [-0.15, -0.1) is 0 Å². The quantitative estimate of drug-likeness (QED) is 0.810. The molecule has 1 fully saturated rings. The molecule has 0 spiro atoms. The van der Waals surface area contributed by atoms with Crippen LogP contribution in [0.4, 0.5) is 4.79 Å². The second-order valence-corrected chi connectivity index (χ2v) is 3.86. The van der Waals surface area contributed by atoms with Crippen molar-refractivity contribution in [3.8, 4) is 0 Å². The van der Waals surface area contributed by atoms with Crippen LogP contribution in [0, 0.1) is 0 Å². The summed E-state index contributed by atoms with van der Waals surface area (Å²) in [6.07, 6.45) is -1.19. The molecule has 1 saturated heterocycles. The van der Waals surface area contributed by atoms with E-state index >= 15 is 0 Å². The van der Waals surface area contributed by atoms with Crippen LogP contribution in [0.5, 0.6) is 0 Å². The van der Waals surface area contributed by atoms with Crippen molar-refractivity contribution in [2.45, 2.75) is 12.6 Å². The number of amides is 1. The predicted molar refractivity (Wildman–Crippen MR) is 60.7 cm³/mol. The summed E-state index contributed by atoms with van der Waals surface area (Å²) in [6.45, 7) is 0.103. The molecule has 2 rings (SSSR count). The Morgan fingerprint density at radius 3 is 2.83 bits per heavy atom. The maximum Gasteiger partial charge on any atom is 0.410 e. The molecule has 0 aliphatic carbocycles. The molecule has 1 aliphatic heterocycles. The van der Waals surface area contributed by atoms with Gasteiger partial charge in [0.05, 0.1) is 13.2 Å². The minimum atomic E-state index is -1.19. The normalized spacial score (nSPS) is 18.8. The lowest BCUT2D eigenvalue weighted by atomic mass is 10.2. The van der Waals surface area contributed by atoms with Crippen LogP contribution in [0.3, 0.4) is 0 Å². The molecule has 1 aliphatic rings. The van der Waals surface area contributed by atoms with Gasteiger partial charge in [-0.3, -0.25) is 4.90 Å². The van der Waals surface area contributed by atoms with E-state index in [-0.39, 0.29) is 13.3 Å². The standard InChI is InChI=1S/C12H13NO5/c14-11-10(13(8-18-11)12(15)16)7-17-6-9-4-2-1-3-5-9/h1-5,10H,6-8H2,(H,15,16)/t10-/m1/s1. The molecule has 0 radical (unpaired) electrons. The van der Waals surface area contributed by atoms with Crippen LogP contribution in [-0.4, -0.2) is 41.4 Å². The lowest BCUT2D eigenvalue weighted by molar-refractivity contribution is -0.140. The van der Waals surface area contributed by atoms with E-state index in [1.54, 1.807) is 0 Å². The molecule has 0 saturated carbocycles. The van der Waals surface area contributed by atoms with E-state index in [0.717, 1.165) is 10.5 Å². The molecule has 1 aromatic carbocycles. The molecule has 1 amide bonds. The minimum absolute atomic E-state index is 0.0000274. The molecular weight excluding hydrogens is 238 g/mol. The van der Waals surface area contributed by atoms with E-state index in [4.69, 9.17) is 9.84 Å². The van der Waals surface area contributed by atoms with Gasteiger partial charge >= 0.3 is 12.1 Å². The van der Waals surface area contributed by atoms with E-state index in [0.29, 0.717) is 6.61 Å². The average molecular weight is 251 g/mol. The molecule has 18 heavy (non-hydrogen) atoms. The summed E-state index contributed by atoms with van der Waals surface area (Å²) >= 11 is 0. The second kappa shape index (κ2) is 5.50. The van der Waals surface area contributed by atoms with Crippen molar-refractivity contribution >= 4 is 12.1 Å². The molecule has 96 valence electrons. The first-order chi connectivity index (χ1) is 8.68. The van der Waals surface area contributed by atoms with Crippen molar-refractivity contribution < 1.29 is 24.2 Å². The number of esters is 1. The number of benzene rings is 1. The van der Waals surface area contributed by atoms with Crippen LogP contribution in [0.2, 0.25) is 0 Å². The van der Waals surface area contributed by atoms with Gasteiger partial charge in [0.25, 0.3) is 0 Å². The molecule has 0 unspecified atom stereocenters. The lowest BCUT2D eigenvalue weighted by Gasteiger charge is -2.16. The Labute approximate surface area is 104 Å². The maximum atomic E-state index is 11.3. The molecule has 6 heteroatoms. The first-order valence-electron chi connectivity index (χ1n) is 5.46. The van der Waals surface area contributed by atoms with E-state index in [2.05, 4.69) is 4.74 Å². The number of carbonyl (C=O) groups excluding carboxylic acids is 1. The highest BCUT2D eigenvalue weighted by atomic mass is 16.6. The monoisotopic (exact) mass is 251 g/mol. The maximum absolute atomic E-state index is 11.3. The first-order valence-corrected chi connectivity index (χ1v) is 5.46. The molecule has 1 N–H and O–H groups in total. The number of hydrogen-bond acceptors (Lipinski definition) is 4. The van der Waals surface area contributed by atoms with Gasteiger partial charge in [-0.2, -0.15) is 0 Å². The largest absolute Gasteiger partial charge is 0.465 e. The lowest BCUT2D eigenvalue weighted by Crippen LogP contribution is -2.40. The molecule has 1 heterocycles. The highest BCUT2D eigenvalue weighted by Gasteiger charge is 2.37. The summed E-state index contributed by atoms with van der Waals surface area (Å²) < 4.78 is 10.0. The van der Waals surface area contributed by atoms with Crippen molar-refractivity contribution in [2.75, 3.05) is 13.3 Å². The van der Waals surface area contributed by atoms with Crippen LogP contribution in [0.25, 0.3) is 0 Å². The van der Waals surface area contributed by atoms with E-state index in [1.807, 2.05) is 30.3 Å². The third kappa shape index (κ3) is 2.78. The Morgan fingerprint density at radius 1 is 1.44 bits per heavy atom. The zero-order valence-electron chi connectivity index (χ0n) is 9.61. The Bertz CT molecular complexity index is 433. The molecule has 0 aromatic heterocycles. The summed E-state index contributed by atoms with van der Waals surface area (Å²) in [6, 6.07) is 8.57. The van der Waals surface area contributed by atoms with E-state index < -0.39 is 18.1 Å². The van der Waals surface area contributed by atoms with Crippen LogP contribution in [0.1, 0.15) is 5.56 Å². The van der Waals surface area contributed by atoms with E-state index in [9.17, 15) is 9.59 Å². The third-order valence-corrected chi connectivity index (χ3v) is 2.63. The smallest absolute Gasteiger partial charge is 0.410 e. The van der Waals surface area contributed by atoms with E-state index in [1.165, 1.54) is 0 Å². The Hall–Kier alpha value is -2.08. The summed E-state index contributed by atoms with van der Waals surface area (Å²) in [5, 5.41) is 8.86. The highest BCUT2D eigenvalue weighted by molar-refractivity contribution is 5.83. The van der Waals surface area contributed by atoms with Gasteiger partial charge < -0.3 is 14.6 Å². The fourth-order valence-corrected chi connectivity index (χ4v) is 1.66. The van der Waals surface area contributed by atoms with Gasteiger partial charge in [-0.1, -0.05) is 30.3 Å². The van der Waals surface area contributed by atoms with Crippen molar-refractivity contribution in [1.82, 2.24) is 4.90 Å². The molecule has 6 nitrogen and oxygen atoms in total. The van der Waals surface area contributed by atoms with Gasteiger partial charge in [-0.25, -0.2) is 9.59 Å². The number of hydrogen-bond donors (Lipinski definition) is 1. The second-order valence-electron chi connectivity index (χ2n) is 3.86. The SMILES string of the molecule is O=C1OCN(C(=O)O)[C@@H]1COCc1ccccc1. The van der Waals surface area contributed by atoms with Gasteiger partial charge in [0, 0.05) is 0 Å². The zero-order chi connectivity index (χ0) is 13.0. The number of rotatable bonds is 4. The Morgan fingerprint density at radius 2 is 2.17 bits per heavy atom. The molecule has 1 atom stereocenters. The zero-order valence-corrected chi connectivity index (χ0v) is 9.61. The highest BCUT2D eigenvalue weighted by Crippen LogP contribution is 2.12. The Balaban J connectivity index is 1.85. The number of carbonyl (C=O) groups is 2. The average Bonchev–Trinajstić information content (AvgIpc) is 2.73. The molecule has 0 bridgehead atoms. The van der Waals surface area contributed by atoms with Crippen molar-refractivity contribution in [3.05, 3.63) is 35.9 Å². The van der Waals surface area contributed by atoms with Crippen molar-refractivity contribution in [3.63, 3.8) is 0 Å². The van der Waals surface area contributed by atoms with Crippen molar-refractivity contribution in [1.29, 1.82) is 0 Å².